The predicted molar refractivity (Wildman–Crippen MR) is 59.3 cm³/mol. The van der Waals surface area contributed by atoms with Crippen LogP contribution >= 0.6 is 11.3 Å². The van der Waals surface area contributed by atoms with Crippen molar-refractivity contribution in [2.24, 2.45) is 0 Å². The van der Waals surface area contributed by atoms with Crippen LogP contribution in [0.4, 0.5) is 5.13 Å². The number of rotatable bonds is 2. The Morgan fingerprint density at radius 3 is 2.87 bits per heavy atom. The number of aliphatic hydroxyl groups is 1. The number of aromatic nitrogens is 2. The van der Waals surface area contributed by atoms with Crippen molar-refractivity contribution in [1.29, 1.82) is 0 Å². The van der Waals surface area contributed by atoms with Crippen LogP contribution in [0.25, 0.3) is 0 Å². The number of anilines is 1. The fraction of sp³-hybridized carbons (Fsp3) is 0.800. The summed E-state index contributed by atoms with van der Waals surface area (Å²) in [5, 5.41) is 20.2. The molecule has 1 N–H and O–H groups in total. The second-order valence-electron chi connectivity index (χ2n) is 4.44. The van der Waals surface area contributed by atoms with Gasteiger partial charge in [-0.05, 0) is 25.7 Å². The first-order valence-corrected chi connectivity index (χ1v) is 6.41. The highest BCUT2D eigenvalue weighted by atomic mass is 32.1. The highest BCUT2D eigenvalue weighted by Gasteiger charge is 2.29. The minimum Gasteiger partial charge on any atom is -0.391 e. The molecule has 1 atom stereocenters. The van der Waals surface area contributed by atoms with E-state index in [2.05, 4.69) is 15.1 Å². The lowest BCUT2D eigenvalue weighted by molar-refractivity contribution is 0.154. The SMILES string of the molecule is OC1CCCN(c2nnc(C3CC3)s2)C1. The third-order valence-corrected chi connectivity index (χ3v) is 4.17. The Hall–Kier alpha value is -0.680. The molecule has 0 aromatic carbocycles. The van der Waals surface area contributed by atoms with Gasteiger partial charge in [0.1, 0.15) is 5.01 Å². The van der Waals surface area contributed by atoms with Crippen molar-refractivity contribution in [2.75, 3.05) is 18.0 Å². The Morgan fingerprint density at radius 2 is 2.13 bits per heavy atom. The van der Waals surface area contributed by atoms with E-state index in [9.17, 15) is 5.11 Å². The molecule has 2 aliphatic rings. The number of aliphatic hydroxyl groups excluding tert-OH is 1. The van der Waals surface area contributed by atoms with E-state index in [1.807, 2.05) is 0 Å². The molecule has 82 valence electrons. The Balaban J connectivity index is 1.73. The van der Waals surface area contributed by atoms with Gasteiger partial charge in [-0.1, -0.05) is 11.3 Å². The molecule has 1 aromatic heterocycles. The lowest BCUT2D eigenvalue weighted by atomic mass is 10.1. The Morgan fingerprint density at radius 1 is 1.27 bits per heavy atom. The topological polar surface area (TPSA) is 49.2 Å². The van der Waals surface area contributed by atoms with E-state index < -0.39 is 0 Å². The summed E-state index contributed by atoms with van der Waals surface area (Å²) in [6, 6.07) is 0. The van der Waals surface area contributed by atoms with Crippen molar-refractivity contribution < 1.29 is 5.11 Å². The smallest absolute Gasteiger partial charge is 0.208 e. The zero-order valence-electron chi connectivity index (χ0n) is 8.59. The summed E-state index contributed by atoms with van der Waals surface area (Å²) >= 11 is 1.70. The third-order valence-electron chi connectivity index (χ3n) is 3.02. The maximum Gasteiger partial charge on any atom is 0.208 e. The van der Waals surface area contributed by atoms with Crippen LogP contribution in [0.2, 0.25) is 0 Å². The standard InChI is InChI=1S/C10H15N3OS/c14-8-2-1-5-13(6-8)10-12-11-9(15-10)7-3-4-7/h7-8,14H,1-6H2. The van der Waals surface area contributed by atoms with E-state index in [-0.39, 0.29) is 6.10 Å². The largest absolute Gasteiger partial charge is 0.391 e. The summed E-state index contributed by atoms with van der Waals surface area (Å²) in [5.74, 6) is 0.686. The highest BCUT2D eigenvalue weighted by molar-refractivity contribution is 7.15. The predicted octanol–water partition coefficient (Wildman–Crippen LogP) is 1.38. The van der Waals surface area contributed by atoms with Gasteiger partial charge >= 0.3 is 0 Å². The molecule has 1 aliphatic heterocycles. The average Bonchev–Trinajstić information content (AvgIpc) is 2.97. The van der Waals surface area contributed by atoms with Crippen molar-refractivity contribution in [3.63, 3.8) is 0 Å². The highest BCUT2D eigenvalue weighted by Crippen LogP contribution is 2.42. The molecule has 1 aromatic rings. The van der Waals surface area contributed by atoms with Gasteiger partial charge in [0.25, 0.3) is 0 Å². The molecule has 2 fully saturated rings. The van der Waals surface area contributed by atoms with Crippen molar-refractivity contribution in [3.05, 3.63) is 5.01 Å². The first kappa shape index (κ1) is 9.54. The molecule has 0 radical (unpaired) electrons. The Bertz CT molecular complexity index is 350. The second kappa shape index (κ2) is 3.72. The zero-order valence-corrected chi connectivity index (χ0v) is 9.41. The van der Waals surface area contributed by atoms with E-state index in [0.29, 0.717) is 5.92 Å². The quantitative estimate of drug-likeness (QED) is 0.826. The molecular formula is C10H15N3OS. The fourth-order valence-corrected chi connectivity index (χ4v) is 3.03. The molecule has 4 nitrogen and oxygen atoms in total. The number of piperidine rings is 1. The molecule has 3 rings (SSSR count). The first-order valence-electron chi connectivity index (χ1n) is 5.59. The molecule has 1 saturated carbocycles. The van der Waals surface area contributed by atoms with Crippen molar-refractivity contribution in [3.8, 4) is 0 Å². The summed E-state index contributed by atoms with van der Waals surface area (Å²) in [6.45, 7) is 1.73. The Kier molecular flexibility index (Phi) is 2.36. The van der Waals surface area contributed by atoms with Gasteiger partial charge in [-0.25, -0.2) is 0 Å². The summed E-state index contributed by atoms with van der Waals surface area (Å²) < 4.78 is 0. The maximum atomic E-state index is 9.58. The van der Waals surface area contributed by atoms with Gasteiger partial charge in [0.2, 0.25) is 5.13 Å². The van der Waals surface area contributed by atoms with Crippen molar-refractivity contribution >= 4 is 16.5 Å². The lowest BCUT2D eigenvalue weighted by Gasteiger charge is -2.29. The van der Waals surface area contributed by atoms with Gasteiger partial charge in [0, 0.05) is 19.0 Å². The van der Waals surface area contributed by atoms with Crippen LogP contribution in [0, 0.1) is 0 Å². The fourth-order valence-electron chi connectivity index (χ4n) is 1.98. The van der Waals surface area contributed by atoms with Gasteiger partial charge in [0.15, 0.2) is 0 Å². The molecule has 2 heterocycles. The molecule has 1 aliphatic carbocycles. The molecular weight excluding hydrogens is 210 g/mol. The molecule has 0 spiro atoms. The molecule has 1 unspecified atom stereocenters. The number of nitrogens with zero attached hydrogens (tertiary/aromatic N) is 3. The van der Waals surface area contributed by atoms with E-state index in [4.69, 9.17) is 0 Å². The summed E-state index contributed by atoms with van der Waals surface area (Å²) in [5.41, 5.74) is 0. The van der Waals surface area contributed by atoms with E-state index >= 15 is 0 Å². The monoisotopic (exact) mass is 225 g/mol. The van der Waals surface area contributed by atoms with Crippen LogP contribution in [0.5, 0.6) is 0 Å². The minimum atomic E-state index is -0.188. The van der Waals surface area contributed by atoms with Gasteiger partial charge in [-0.15, -0.1) is 10.2 Å². The van der Waals surface area contributed by atoms with Gasteiger partial charge in [-0.2, -0.15) is 0 Å². The van der Waals surface area contributed by atoms with E-state index in [1.165, 1.54) is 17.8 Å². The second-order valence-corrected chi connectivity index (χ2v) is 5.43. The van der Waals surface area contributed by atoms with Crippen LogP contribution < -0.4 is 4.90 Å². The Labute approximate surface area is 92.9 Å². The number of hydrogen-bond donors (Lipinski definition) is 1. The molecule has 0 bridgehead atoms. The van der Waals surface area contributed by atoms with Crippen LogP contribution in [0.15, 0.2) is 0 Å². The normalized spacial score (nSPS) is 27.0. The number of hydrogen-bond acceptors (Lipinski definition) is 5. The van der Waals surface area contributed by atoms with E-state index in [0.717, 1.165) is 31.1 Å². The van der Waals surface area contributed by atoms with Crippen LogP contribution in [0.1, 0.15) is 36.6 Å². The number of β-amino-alcohol motifs (C(OH)–C–C–N with tert-alkyl or cyclic N) is 1. The molecule has 1 saturated heterocycles. The van der Waals surface area contributed by atoms with Crippen LogP contribution in [-0.2, 0) is 0 Å². The molecule has 15 heavy (non-hydrogen) atoms. The van der Waals surface area contributed by atoms with Crippen LogP contribution in [-0.4, -0.2) is 34.5 Å². The van der Waals surface area contributed by atoms with Crippen LogP contribution in [0.3, 0.4) is 0 Å². The first-order chi connectivity index (χ1) is 7.33. The van der Waals surface area contributed by atoms with Gasteiger partial charge in [-0.3, -0.25) is 0 Å². The summed E-state index contributed by atoms with van der Waals surface area (Å²) in [4.78, 5) is 2.16. The molecule has 0 amide bonds. The summed E-state index contributed by atoms with van der Waals surface area (Å²) in [6.07, 6.45) is 4.34. The van der Waals surface area contributed by atoms with Gasteiger partial charge in [0.05, 0.1) is 6.10 Å². The third kappa shape index (κ3) is 1.99. The average molecular weight is 225 g/mol. The van der Waals surface area contributed by atoms with Gasteiger partial charge < -0.3 is 10.0 Å². The van der Waals surface area contributed by atoms with Crippen molar-refractivity contribution in [1.82, 2.24) is 10.2 Å². The van der Waals surface area contributed by atoms with E-state index in [1.54, 1.807) is 11.3 Å². The lowest BCUT2D eigenvalue weighted by Crippen LogP contribution is -2.38. The zero-order chi connectivity index (χ0) is 10.3. The summed E-state index contributed by atoms with van der Waals surface area (Å²) in [7, 11) is 0. The minimum absolute atomic E-state index is 0.188. The molecule has 5 heteroatoms. The van der Waals surface area contributed by atoms with Crippen molar-refractivity contribution in [2.45, 2.75) is 37.7 Å². The maximum absolute atomic E-state index is 9.58.